The maximum Gasteiger partial charge on any atom is 0.118 e. The molecule has 0 aromatic carbocycles. The van der Waals surface area contributed by atoms with Crippen molar-refractivity contribution in [1.29, 1.82) is 0 Å². The zero-order chi connectivity index (χ0) is 9.11. The molecule has 64 valence electrons. The quantitative estimate of drug-likeness (QED) is 0.446. The van der Waals surface area contributed by atoms with Crippen molar-refractivity contribution < 1.29 is 4.74 Å². The smallest absolute Gasteiger partial charge is 0.118 e. The van der Waals surface area contributed by atoms with Crippen molar-refractivity contribution in [2.24, 2.45) is 0 Å². The minimum absolute atomic E-state index is 0.672. The van der Waals surface area contributed by atoms with Crippen LogP contribution in [0.2, 0.25) is 0 Å². The van der Waals surface area contributed by atoms with Crippen LogP contribution in [0.1, 0.15) is 20.8 Å². The molecule has 0 aliphatic heterocycles. The molecule has 0 aliphatic carbocycles. The van der Waals surface area contributed by atoms with Crippen LogP contribution in [0.4, 0.5) is 0 Å². The van der Waals surface area contributed by atoms with Crippen molar-refractivity contribution in [2.45, 2.75) is 20.8 Å². The van der Waals surface area contributed by atoms with Crippen molar-refractivity contribution in [1.82, 2.24) is 0 Å². The van der Waals surface area contributed by atoms with Crippen LogP contribution in [0.25, 0.3) is 0 Å². The summed E-state index contributed by atoms with van der Waals surface area (Å²) in [5, 5.41) is 0. The third-order valence-electron chi connectivity index (χ3n) is 0.794. The van der Waals surface area contributed by atoms with Gasteiger partial charge in [-0.3, -0.25) is 0 Å². The minimum Gasteiger partial charge on any atom is -0.494 e. The van der Waals surface area contributed by atoms with E-state index in [2.05, 4.69) is 13.2 Å². The monoisotopic (exact) mass is 154 g/mol. The molecule has 0 aliphatic rings. The maximum absolute atomic E-state index is 5.10. The molecule has 0 rings (SSSR count). The van der Waals surface area contributed by atoms with E-state index < -0.39 is 0 Å². The number of ether oxygens (including phenoxy) is 1. The maximum atomic E-state index is 5.10. The average Bonchev–Trinajstić information content (AvgIpc) is 2.08. The molecule has 1 heteroatoms. The van der Waals surface area contributed by atoms with Crippen LogP contribution in [0.5, 0.6) is 0 Å². The highest BCUT2D eigenvalue weighted by atomic mass is 16.5. The summed E-state index contributed by atoms with van der Waals surface area (Å²) in [6.07, 6.45) is 5.11. The summed E-state index contributed by atoms with van der Waals surface area (Å²) < 4.78 is 5.10. The molecule has 0 aromatic rings. The Labute approximate surface area is 70.1 Å². The normalized spacial score (nSPS) is 9.18. The van der Waals surface area contributed by atoms with E-state index in [4.69, 9.17) is 4.74 Å². The second-order valence-corrected chi connectivity index (χ2v) is 1.44. The highest BCUT2D eigenvalue weighted by Crippen LogP contribution is 1.96. The molecule has 0 amide bonds. The molecule has 0 bridgehead atoms. The third kappa shape index (κ3) is 9.02. The first kappa shape index (κ1) is 12.7. The summed E-state index contributed by atoms with van der Waals surface area (Å²) in [7, 11) is 0. The molecule has 0 saturated heterocycles. The molecule has 0 fully saturated rings. The van der Waals surface area contributed by atoms with Crippen LogP contribution in [-0.4, -0.2) is 6.61 Å². The lowest BCUT2D eigenvalue weighted by molar-refractivity contribution is 0.243. The van der Waals surface area contributed by atoms with Crippen molar-refractivity contribution in [3.05, 3.63) is 37.1 Å². The Hall–Kier alpha value is -0.980. The Balaban J connectivity index is 0. The zero-order valence-electron chi connectivity index (χ0n) is 7.76. The van der Waals surface area contributed by atoms with Gasteiger partial charge in [0.2, 0.25) is 0 Å². The molecule has 0 N–H and O–H groups in total. The molecule has 0 atom stereocenters. The second-order valence-electron chi connectivity index (χ2n) is 1.44. The summed E-state index contributed by atoms with van der Waals surface area (Å²) in [5.74, 6) is 0.771. The molecule has 1 nitrogen and oxygen atoms in total. The van der Waals surface area contributed by atoms with Gasteiger partial charge in [-0.25, -0.2) is 0 Å². The number of hydrogen-bond acceptors (Lipinski definition) is 1. The topological polar surface area (TPSA) is 9.23 Å². The van der Waals surface area contributed by atoms with Crippen molar-refractivity contribution >= 4 is 0 Å². The fraction of sp³-hybridized carbons (Fsp3) is 0.400. The lowest BCUT2D eigenvalue weighted by atomic mass is 10.4. The van der Waals surface area contributed by atoms with Crippen LogP contribution >= 0.6 is 0 Å². The van der Waals surface area contributed by atoms with Gasteiger partial charge in [0.25, 0.3) is 0 Å². The lowest BCUT2D eigenvalue weighted by Gasteiger charge is -1.99. The van der Waals surface area contributed by atoms with Crippen molar-refractivity contribution in [2.75, 3.05) is 6.61 Å². The van der Waals surface area contributed by atoms with Crippen LogP contribution in [-0.2, 0) is 4.74 Å². The van der Waals surface area contributed by atoms with Gasteiger partial charge in [0.15, 0.2) is 0 Å². The fourth-order valence-corrected chi connectivity index (χ4v) is 0.458. The molecular weight excluding hydrogens is 136 g/mol. The van der Waals surface area contributed by atoms with Gasteiger partial charge in [0, 0.05) is 0 Å². The van der Waals surface area contributed by atoms with Crippen molar-refractivity contribution in [3.8, 4) is 0 Å². The minimum atomic E-state index is 0.672. The zero-order valence-corrected chi connectivity index (χ0v) is 7.76. The van der Waals surface area contributed by atoms with E-state index in [1.165, 1.54) is 0 Å². The Morgan fingerprint density at radius 2 is 1.91 bits per heavy atom. The van der Waals surface area contributed by atoms with E-state index in [9.17, 15) is 0 Å². The Kier molecular flexibility index (Phi) is 13.6. The number of hydrogen-bond donors (Lipinski definition) is 0. The first-order chi connectivity index (χ1) is 5.35. The van der Waals surface area contributed by atoms with Gasteiger partial charge in [-0.2, -0.15) is 0 Å². The molecule has 0 unspecified atom stereocenters. The van der Waals surface area contributed by atoms with Crippen molar-refractivity contribution in [3.63, 3.8) is 0 Å². The van der Waals surface area contributed by atoms with E-state index >= 15 is 0 Å². The van der Waals surface area contributed by atoms with Gasteiger partial charge in [0.1, 0.15) is 5.76 Å². The largest absolute Gasteiger partial charge is 0.494 e. The first-order valence-electron chi connectivity index (χ1n) is 3.93. The van der Waals surface area contributed by atoms with E-state index in [1.807, 2.05) is 20.8 Å². The van der Waals surface area contributed by atoms with Gasteiger partial charge in [-0.1, -0.05) is 33.1 Å². The van der Waals surface area contributed by atoms with E-state index in [-0.39, 0.29) is 0 Å². The summed E-state index contributed by atoms with van der Waals surface area (Å²) in [6.45, 7) is 13.7. The van der Waals surface area contributed by atoms with Crippen LogP contribution in [0, 0.1) is 0 Å². The molecule has 0 saturated carbocycles. The Morgan fingerprint density at radius 3 is 2.18 bits per heavy atom. The summed E-state index contributed by atoms with van der Waals surface area (Å²) >= 11 is 0. The summed E-state index contributed by atoms with van der Waals surface area (Å²) in [5.41, 5.74) is 0. The lowest BCUT2D eigenvalue weighted by Crippen LogP contribution is -1.85. The highest BCUT2D eigenvalue weighted by molar-refractivity contribution is 5.14. The van der Waals surface area contributed by atoms with Gasteiger partial charge in [0.05, 0.1) is 6.61 Å². The van der Waals surface area contributed by atoms with E-state index in [0.29, 0.717) is 6.61 Å². The summed E-state index contributed by atoms with van der Waals surface area (Å²) in [4.78, 5) is 0. The predicted octanol–water partition coefficient (Wildman–Crippen LogP) is 3.31. The van der Waals surface area contributed by atoms with Gasteiger partial charge in [-0.05, 0) is 19.1 Å². The van der Waals surface area contributed by atoms with E-state index in [0.717, 1.165) is 5.76 Å². The molecular formula is C10H18O. The van der Waals surface area contributed by atoms with E-state index in [1.54, 1.807) is 18.2 Å². The fourth-order valence-electron chi connectivity index (χ4n) is 0.458. The van der Waals surface area contributed by atoms with Crippen LogP contribution in [0.3, 0.4) is 0 Å². The molecule has 11 heavy (non-hydrogen) atoms. The molecule has 0 aromatic heterocycles. The number of allylic oxidation sites excluding steroid dienone is 3. The average molecular weight is 154 g/mol. The first-order valence-corrected chi connectivity index (χ1v) is 3.93. The van der Waals surface area contributed by atoms with Gasteiger partial charge >= 0.3 is 0 Å². The number of rotatable bonds is 4. The van der Waals surface area contributed by atoms with Gasteiger partial charge in [-0.15, -0.1) is 0 Å². The highest BCUT2D eigenvalue weighted by Gasteiger charge is 1.83. The van der Waals surface area contributed by atoms with Crippen LogP contribution in [0.15, 0.2) is 37.1 Å². The molecule has 0 radical (unpaired) electrons. The standard InChI is InChI=1S/C8H12O.C2H6/c1-4-7-8(5-2)9-6-3;1-2/h4-5,7H,1-2,6H2,3H3;1-2H3/b8-7+;. The Morgan fingerprint density at radius 1 is 1.36 bits per heavy atom. The van der Waals surface area contributed by atoms with Gasteiger partial charge < -0.3 is 4.74 Å². The Bertz CT molecular complexity index is 123. The van der Waals surface area contributed by atoms with Crippen LogP contribution < -0.4 is 0 Å². The molecule has 0 heterocycles. The SMILES string of the molecule is C=C/C=C(\C=C)OCC.CC. The predicted molar refractivity (Wildman–Crippen MR) is 51.5 cm³/mol. The summed E-state index contributed by atoms with van der Waals surface area (Å²) in [6, 6.07) is 0. The molecule has 0 spiro atoms. The third-order valence-corrected chi connectivity index (χ3v) is 0.794. The second kappa shape index (κ2) is 11.8.